The van der Waals surface area contributed by atoms with Crippen LogP contribution in [-0.4, -0.2) is 46.5 Å². The maximum Gasteiger partial charge on any atom is 0.340 e. The number of thiazole rings is 1. The molecule has 0 fully saturated rings. The zero-order chi connectivity index (χ0) is 24.7. The van der Waals surface area contributed by atoms with Crippen LogP contribution in [0.5, 0.6) is 23.0 Å². The minimum Gasteiger partial charge on any atom is -0.493 e. The first-order chi connectivity index (χ1) is 16.5. The molecule has 1 aromatic heterocycles. The van der Waals surface area contributed by atoms with Crippen LogP contribution in [0, 0.1) is 11.3 Å². The molecule has 0 amide bonds. The molecule has 0 spiro atoms. The molecular formula is C24H23N3O6S. The third kappa shape index (κ3) is 5.05. The van der Waals surface area contributed by atoms with Gasteiger partial charge in [0.25, 0.3) is 0 Å². The molecule has 0 aliphatic carbocycles. The number of nitriles is 1. The summed E-state index contributed by atoms with van der Waals surface area (Å²) < 4.78 is 26.1. The molecule has 0 atom stereocenters. The van der Waals surface area contributed by atoms with Crippen LogP contribution in [0.25, 0.3) is 16.8 Å². The molecule has 2 aromatic carbocycles. The fraction of sp³-hybridized carbons (Fsp3) is 0.208. The van der Waals surface area contributed by atoms with E-state index in [9.17, 15) is 10.1 Å². The highest BCUT2D eigenvalue weighted by Gasteiger charge is 2.18. The van der Waals surface area contributed by atoms with Gasteiger partial charge in [0, 0.05) is 29.3 Å². The van der Waals surface area contributed by atoms with Crippen molar-refractivity contribution in [3.63, 3.8) is 0 Å². The Bertz CT molecular complexity index is 1260. The molecule has 0 saturated carbocycles. The van der Waals surface area contributed by atoms with E-state index >= 15 is 0 Å². The first kappa shape index (κ1) is 24.4. The summed E-state index contributed by atoms with van der Waals surface area (Å²) >= 11 is 1.31. The predicted octanol–water partition coefficient (Wildman–Crippen LogP) is 4.61. The van der Waals surface area contributed by atoms with Crippen molar-refractivity contribution < 1.29 is 28.5 Å². The highest BCUT2D eigenvalue weighted by atomic mass is 32.1. The average Bonchev–Trinajstić information content (AvgIpc) is 3.37. The number of methoxy groups -OCH3 is 5. The number of esters is 1. The number of anilines is 1. The lowest BCUT2D eigenvalue weighted by atomic mass is 10.1. The van der Waals surface area contributed by atoms with Gasteiger partial charge in [-0.1, -0.05) is 0 Å². The Kier molecular flexibility index (Phi) is 7.95. The van der Waals surface area contributed by atoms with E-state index in [0.29, 0.717) is 39.4 Å². The van der Waals surface area contributed by atoms with Gasteiger partial charge in [0.2, 0.25) is 0 Å². The Morgan fingerprint density at radius 3 is 2.24 bits per heavy atom. The Labute approximate surface area is 201 Å². The van der Waals surface area contributed by atoms with Crippen molar-refractivity contribution in [3.8, 4) is 40.3 Å². The molecule has 0 saturated heterocycles. The monoisotopic (exact) mass is 481 g/mol. The SMILES string of the molecule is COC(=O)c1cc(OC)c(OC)cc1N/C=C(\C#N)c1nc(-c2ccc(OC)c(OC)c2)cs1. The van der Waals surface area contributed by atoms with Crippen LogP contribution in [0.3, 0.4) is 0 Å². The summed E-state index contributed by atoms with van der Waals surface area (Å²) in [5, 5.41) is 15.1. The number of ether oxygens (including phenoxy) is 5. The van der Waals surface area contributed by atoms with Crippen molar-refractivity contribution in [2.24, 2.45) is 0 Å². The van der Waals surface area contributed by atoms with E-state index in [-0.39, 0.29) is 11.1 Å². The third-order valence-electron chi connectivity index (χ3n) is 4.84. The zero-order valence-corrected chi connectivity index (χ0v) is 20.1. The van der Waals surface area contributed by atoms with E-state index in [1.165, 1.54) is 44.9 Å². The summed E-state index contributed by atoms with van der Waals surface area (Å²) in [6, 6.07) is 10.7. The Hall–Kier alpha value is -4.23. The van der Waals surface area contributed by atoms with Gasteiger partial charge in [-0.2, -0.15) is 5.26 Å². The first-order valence-electron chi connectivity index (χ1n) is 9.89. The maximum atomic E-state index is 12.3. The van der Waals surface area contributed by atoms with Gasteiger partial charge in [0.05, 0.1) is 52.5 Å². The molecule has 0 aliphatic heterocycles. The van der Waals surface area contributed by atoms with E-state index in [0.717, 1.165) is 5.56 Å². The number of hydrogen-bond acceptors (Lipinski definition) is 10. The summed E-state index contributed by atoms with van der Waals surface area (Å²) in [5.74, 6) is 1.41. The fourth-order valence-corrected chi connectivity index (χ4v) is 3.89. The molecule has 1 heterocycles. The quantitative estimate of drug-likeness (QED) is 0.346. The molecule has 1 N–H and O–H groups in total. The molecule has 176 valence electrons. The number of nitrogens with one attached hydrogen (secondary N) is 1. The van der Waals surface area contributed by atoms with Crippen molar-refractivity contribution in [3.05, 3.63) is 52.5 Å². The second-order valence-electron chi connectivity index (χ2n) is 6.67. The molecule has 0 bridgehead atoms. The Morgan fingerprint density at radius 1 is 0.971 bits per heavy atom. The highest BCUT2D eigenvalue weighted by Crippen LogP contribution is 2.35. The first-order valence-corrected chi connectivity index (χ1v) is 10.8. The van der Waals surface area contributed by atoms with Crippen molar-refractivity contribution in [1.29, 1.82) is 5.26 Å². The topological polar surface area (TPSA) is 112 Å². The van der Waals surface area contributed by atoms with Crippen LogP contribution in [-0.2, 0) is 4.74 Å². The van der Waals surface area contributed by atoms with Gasteiger partial charge in [-0.05, 0) is 18.2 Å². The average molecular weight is 482 g/mol. The summed E-state index contributed by atoms with van der Waals surface area (Å²) in [6.45, 7) is 0. The van der Waals surface area contributed by atoms with Crippen LogP contribution in [0.1, 0.15) is 15.4 Å². The molecule has 10 heteroatoms. The maximum absolute atomic E-state index is 12.3. The number of carbonyl (C=O) groups excluding carboxylic acids is 1. The largest absolute Gasteiger partial charge is 0.493 e. The second-order valence-corrected chi connectivity index (χ2v) is 7.52. The molecule has 3 aromatic rings. The molecule has 0 unspecified atom stereocenters. The highest BCUT2D eigenvalue weighted by molar-refractivity contribution is 7.11. The number of benzene rings is 2. The van der Waals surface area contributed by atoms with E-state index < -0.39 is 5.97 Å². The number of hydrogen-bond donors (Lipinski definition) is 1. The molecule has 9 nitrogen and oxygen atoms in total. The Balaban J connectivity index is 1.94. The van der Waals surface area contributed by atoms with E-state index in [1.807, 2.05) is 17.5 Å². The van der Waals surface area contributed by atoms with E-state index in [4.69, 9.17) is 23.7 Å². The normalized spacial score (nSPS) is 10.8. The van der Waals surface area contributed by atoms with Crippen LogP contribution in [0.15, 0.2) is 41.9 Å². The summed E-state index contributed by atoms with van der Waals surface area (Å²) in [5.41, 5.74) is 2.39. The van der Waals surface area contributed by atoms with E-state index in [2.05, 4.69) is 16.4 Å². The molecule has 0 radical (unpaired) electrons. The minimum absolute atomic E-state index is 0.221. The second kappa shape index (κ2) is 11.1. The van der Waals surface area contributed by atoms with Crippen molar-refractivity contribution in [2.45, 2.75) is 0 Å². The van der Waals surface area contributed by atoms with Gasteiger partial charge >= 0.3 is 5.97 Å². The van der Waals surface area contributed by atoms with E-state index in [1.54, 1.807) is 26.4 Å². The molecule has 34 heavy (non-hydrogen) atoms. The van der Waals surface area contributed by atoms with Crippen LogP contribution in [0.2, 0.25) is 0 Å². The van der Waals surface area contributed by atoms with Crippen molar-refractivity contribution in [1.82, 2.24) is 4.98 Å². The lowest BCUT2D eigenvalue weighted by Crippen LogP contribution is -2.07. The number of carbonyl (C=O) groups is 1. The lowest BCUT2D eigenvalue weighted by Gasteiger charge is -2.13. The van der Waals surface area contributed by atoms with Gasteiger partial charge in [-0.3, -0.25) is 0 Å². The van der Waals surface area contributed by atoms with Crippen molar-refractivity contribution >= 4 is 28.6 Å². The number of aromatic nitrogens is 1. The number of nitrogens with zero attached hydrogens (tertiary/aromatic N) is 2. The summed E-state index contributed by atoms with van der Waals surface area (Å²) in [7, 11) is 7.37. The molecule has 3 rings (SSSR count). The van der Waals surface area contributed by atoms with Crippen molar-refractivity contribution in [2.75, 3.05) is 40.9 Å². The van der Waals surface area contributed by atoms with Gasteiger partial charge in [0.1, 0.15) is 16.6 Å². The smallest absolute Gasteiger partial charge is 0.340 e. The fourth-order valence-electron chi connectivity index (χ4n) is 3.09. The number of rotatable bonds is 9. The Morgan fingerprint density at radius 2 is 1.62 bits per heavy atom. The predicted molar refractivity (Wildman–Crippen MR) is 129 cm³/mol. The van der Waals surface area contributed by atoms with Crippen LogP contribution in [0.4, 0.5) is 5.69 Å². The van der Waals surface area contributed by atoms with Gasteiger partial charge in [-0.25, -0.2) is 9.78 Å². The molecular weight excluding hydrogens is 458 g/mol. The summed E-state index contributed by atoms with van der Waals surface area (Å²) in [6.07, 6.45) is 1.48. The van der Waals surface area contributed by atoms with Crippen LogP contribution < -0.4 is 24.3 Å². The standard InChI is InChI=1S/C24H23N3O6S/c1-29-19-7-6-14(8-20(19)30-2)18-13-34-23(27-18)15(11-25)12-26-17-10-22(32-4)21(31-3)9-16(17)24(28)33-5/h6-10,12-13,26H,1-5H3/b15-12+. The lowest BCUT2D eigenvalue weighted by molar-refractivity contribution is 0.0601. The summed E-state index contributed by atoms with van der Waals surface area (Å²) in [4.78, 5) is 16.9. The van der Waals surface area contributed by atoms with Gasteiger partial charge in [0.15, 0.2) is 23.0 Å². The minimum atomic E-state index is -0.569. The van der Waals surface area contributed by atoms with Crippen LogP contribution >= 0.6 is 11.3 Å². The molecule has 0 aliphatic rings. The third-order valence-corrected chi connectivity index (χ3v) is 5.71. The zero-order valence-electron chi connectivity index (χ0n) is 19.3. The van der Waals surface area contributed by atoms with Gasteiger partial charge < -0.3 is 29.0 Å². The van der Waals surface area contributed by atoms with Gasteiger partial charge in [-0.15, -0.1) is 11.3 Å². The number of allylic oxidation sites excluding steroid dienone is 1.